The molecule has 1 aliphatic rings. The Hall–Kier alpha value is -2.21. The molecule has 1 aromatic carbocycles. The van der Waals surface area contributed by atoms with E-state index in [9.17, 15) is 9.59 Å². The first kappa shape index (κ1) is 13.8. The van der Waals surface area contributed by atoms with Gasteiger partial charge in [-0.05, 0) is 18.1 Å². The van der Waals surface area contributed by atoms with Gasteiger partial charge in [-0.3, -0.25) is 14.5 Å². The quantitative estimate of drug-likeness (QED) is 0.882. The van der Waals surface area contributed by atoms with Crippen LogP contribution >= 0.6 is 0 Å². The summed E-state index contributed by atoms with van der Waals surface area (Å²) >= 11 is 0. The summed E-state index contributed by atoms with van der Waals surface area (Å²) in [5.41, 5.74) is 1.69. The molecule has 0 aliphatic carbocycles. The zero-order valence-electron chi connectivity index (χ0n) is 11.7. The van der Waals surface area contributed by atoms with Gasteiger partial charge in [0.05, 0.1) is 17.0 Å². The van der Waals surface area contributed by atoms with Crippen LogP contribution in [0.15, 0.2) is 29.1 Å². The van der Waals surface area contributed by atoms with E-state index < -0.39 is 5.97 Å². The molecule has 3 rings (SSSR count). The number of likely N-dealkylation sites (tertiary alicyclic amines) is 1. The van der Waals surface area contributed by atoms with E-state index in [0.29, 0.717) is 30.8 Å². The highest BCUT2D eigenvalue weighted by molar-refractivity contribution is 5.73. The number of carboxylic acids is 1. The number of aliphatic carboxylic acids is 1. The molecule has 0 saturated carbocycles. The third-order valence-electron chi connectivity index (χ3n) is 4.05. The number of aromatic nitrogens is 2. The molecule has 6 nitrogen and oxygen atoms in total. The molecule has 1 fully saturated rings. The van der Waals surface area contributed by atoms with Gasteiger partial charge in [0.2, 0.25) is 0 Å². The van der Waals surface area contributed by atoms with Gasteiger partial charge in [-0.1, -0.05) is 19.1 Å². The number of fused-ring (bicyclic) bond motifs is 1. The molecule has 1 saturated heterocycles. The monoisotopic (exact) mass is 287 g/mol. The number of nitrogens with zero attached hydrogens (tertiary/aromatic N) is 2. The second kappa shape index (κ2) is 5.29. The smallest absolute Gasteiger partial charge is 0.308 e. The summed E-state index contributed by atoms with van der Waals surface area (Å²) < 4.78 is 0. The predicted molar refractivity (Wildman–Crippen MR) is 77.9 cm³/mol. The zero-order valence-corrected chi connectivity index (χ0v) is 11.7. The Morgan fingerprint density at radius 2 is 2.19 bits per heavy atom. The molecule has 2 heterocycles. The van der Waals surface area contributed by atoms with Crippen molar-refractivity contribution >= 4 is 17.0 Å². The number of aromatic amines is 1. The summed E-state index contributed by atoms with van der Waals surface area (Å²) in [6, 6.07) is 7.38. The molecule has 1 aromatic heterocycles. The van der Waals surface area contributed by atoms with Crippen LogP contribution in [0.5, 0.6) is 0 Å². The molecule has 0 amide bonds. The zero-order chi connectivity index (χ0) is 15.0. The van der Waals surface area contributed by atoms with E-state index >= 15 is 0 Å². The molecule has 0 spiro atoms. The van der Waals surface area contributed by atoms with Crippen molar-refractivity contribution in [2.24, 2.45) is 11.8 Å². The van der Waals surface area contributed by atoms with Gasteiger partial charge in [-0.25, -0.2) is 4.98 Å². The van der Waals surface area contributed by atoms with E-state index in [1.807, 2.05) is 36.1 Å². The lowest BCUT2D eigenvalue weighted by Gasteiger charge is -2.14. The van der Waals surface area contributed by atoms with Gasteiger partial charge in [0.1, 0.15) is 5.69 Å². The van der Waals surface area contributed by atoms with E-state index in [2.05, 4.69) is 9.97 Å². The number of hydrogen-bond acceptors (Lipinski definition) is 4. The molecular formula is C15H17N3O3. The number of para-hydroxylation sites is 2. The third kappa shape index (κ3) is 2.67. The van der Waals surface area contributed by atoms with Crippen LogP contribution < -0.4 is 5.56 Å². The van der Waals surface area contributed by atoms with E-state index in [0.717, 1.165) is 5.52 Å². The van der Waals surface area contributed by atoms with Crippen molar-refractivity contribution in [1.82, 2.24) is 14.9 Å². The summed E-state index contributed by atoms with van der Waals surface area (Å²) in [4.78, 5) is 32.4. The molecule has 110 valence electrons. The van der Waals surface area contributed by atoms with Crippen molar-refractivity contribution in [2.45, 2.75) is 13.5 Å². The summed E-state index contributed by atoms with van der Waals surface area (Å²) in [6.07, 6.45) is 0. The van der Waals surface area contributed by atoms with E-state index in [1.54, 1.807) is 0 Å². The average molecular weight is 287 g/mol. The van der Waals surface area contributed by atoms with Gasteiger partial charge in [0.25, 0.3) is 5.56 Å². The molecule has 6 heteroatoms. The topological polar surface area (TPSA) is 86.3 Å². The first-order valence-electron chi connectivity index (χ1n) is 6.97. The standard InChI is InChI=1S/C15H17N3O3/c1-9-6-18(7-10(9)15(20)21)8-13-14(19)17-12-5-3-2-4-11(12)16-13/h2-5,9-10H,6-8H2,1H3,(H,17,19)(H,20,21). The first-order valence-corrected chi connectivity index (χ1v) is 6.97. The fourth-order valence-corrected chi connectivity index (χ4v) is 2.90. The lowest BCUT2D eigenvalue weighted by molar-refractivity contribution is -0.142. The van der Waals surface area contributed by atoms with Crippen LogP contribution in [0, 0.1) is 11.8 Å². The van der Waals surface area contributed by atoms with Crippen molar-refractivity contribution < 1.29 is 9.90 Å². The minimum Gasteiger partial charge on any atom is -0.481 e. The van der Waals surface area contributed by atoms with Gasteiger partial charge in [-0.2, -0.15) is 0 Å². The first-order chi connectivity index (χ1) is 10.0. The van der Waals surface area contributed by atoms with Crippen LogP contribution in [-0.4, -0.2) is 39.0 Å². The van der Waals surface area contributed by atoms with Gasteiger partial charge >= 0.3 is 5.97 Å². The van der Waals surface area contributed by atoms with Crippen LogP contribution in [0.4, 0.5) is 0 Å². The Kier molecular flexibility index (Phi) is 3.47. The van der Waals surface area contributed by atoms with Crippen LogP contribution in [0.25, 0.3) is 11.0 Å². The molecule has 1 aliphatic heterocycles. The highest BCUT2D eigenvalue weighted by Gasteiger charge is 2.34. The third-order valence-corrected chi connectivity index (χ3v) is 4.05. The van der Waals surface area contributed by atoms with Crippen molar-refractivity contribution in [1.29, 1.82) is 0 Å². The number of rotatable bonds is 3. The minimum atomic E-state index is -0.773. The minimum absolute atomic E-state index is 0.0852. The van der Waals surface area contributed by atoms with Crippen LogP contribution in [-0.2, 0) is 11.3 Å². The van der Waals surface area contributed by atoms with E-state index in [4.69, 9.17) is 5.11 Å². The maximum Gasteiger partial charge on any atom is 0.308 e. The van der Waals surface area contributed by atoms with Crippen LogP contribution in [0.3, 0.4) is 0 Å². The van der Waals surface area contributed by atoms with E-state index in [1.165, 1.54) is 0 Å². The van der Waals surface area contributed by atoms with Gasteiger partial charge in [0.15, 0.2) is 0 Å². The fourth-order valence-electron chi connectivity index (χ4n) is 2.90. The lowest BCUT2D eigenvalue weighted by Crippen LogP contribution is -2.27. The molecule has 0 radical (unpaired) electrons. The molecule has 21 heavy (non-hydrogen) atoms. The van der Waals surface area contributed by atoms with Crippen LogP contribution in [0.1, 0.15) is 12.6 Å². The molecule has 2 N–H and O–H groups in total. The average Bonchev–Trinajstić information content (AvgIpc) is 2.81. The fraction of sp³-hybridized carbons (Fsp3) is 0.400. The summed E-state index contributed by atoms with van der Waals surface area (Å²) in [5.74, 6) is -1.06. The summed E-state index contributed by atoms with van der Waals surface area (Å²) in [5, 5.41) is 9.15. The number of benzene rings is 1. The number of carbonyl (C=O) groups is 1. The molecule has 2 atom stereocenters. The van der Waals surface area contributed by atoms with E-state index in [-0.39, 0.29) is 17.4 Å². The van der Waals surface area contributed by atoms with Crippen molar-refractivity contribution in [3.8, 4) is 0 Å². The number of carboxylic acid groups (broad SMARTS) is 1. The molecule has 2 unspecified atom stereocenters. The second-order valence-electron chi connectivity index (χ2n) is 5.65. The molecule has 2 aromatic rings. The number of H-pyrrole nitrogens is 1. The largest absolute Gasteiger partial charge is 0.481 e. The highest BCUT2D eigenvalue weighted by atomic mass is 16.4. The van der Waals surface area contributed by atoms with Crippen molar-refractivity contribution in [3.63, 3.8) is 0 Å². The predicted octanol–water partition coefficient (Wildman–Crippen LogP) is 1.08. The Balaban J connectivity index is 1.84. The Labute approximate surface area is 121 Å². The SMILES string of the molecule is CC1CN(Cc2nc3ccccc3[nH]c2=O)CC1C(=O)O. The summed E-state index contributed by atoms with van der Waals surface area (Å²) in [6.45, 7) is 3.44. The highest BCUT2D eigenvalue weighted by Crippen LogP contribution is 2.24. The van der Waals surface area contributed by atoms with Gasteiger partial charge in [-0.15, -0.1) is 0 Å². The Bertz CT molecular complexity index is 740. The number of nitrogens with one attached hydrogen (secondary N) is 1. The normalized spacial score (nSPS) is 22.7. The maximum atomic E-state index is 12.1. The molecular weight excluding hydrogens is 270 g/mol. The second-order valence-corrected chi connectivity index (χ2v) is 5.65. The van der Waals surface area contributed by atoms with Gasteiger partial charge < -0.3 is 10.1 Å². The lowest BCUT2D eigenvalue weighted by atomic mass is 9.99. The Morgan fingerprint density at radius 1 is 1.43 bits per heavy atom. The van der Waals surface area contributed by atoms with Crippen LogP contribution in [0.2, 0.25) is 0 Å². The number of hydrogen-bond donors (Lipinski definition) is 2. The maximum absolute atomic E-state index is 12.1. The van der Waals surface area contributed by atoms with Crippen molar-refractivity contribution in [3.05, 3.63) is 40.3 Å². The van der Waals surface area contributed by atoms with Gasteiger partial charge in [0, 0.05) is 19.6 Å². The Morgan fingerprint density at radius 3 is 2.90 bits per heavy atom. The molecule has 0 bridgehead atoms. The summed E-state index contributed by atoms with van der Waals surface area (Å²) in [7, 11) is 0. The van der Waals surface area contributed by atoms with Crippen molar-refractivity contribution in [2.75, 3.05) is 13.1 Å².